The number of hydrogen-bond acceptors (Lipinski definition) is 6. The second-order valence-corrected chi connectivity index (χ2v) is 4.19. The van der Waals surface area contributed by atoms with Crippen LogP contribution in [0.1, 0.15) is 5.56 Å². The molecule has 2 rings (SSSR count). The number of oxime groups is 1. The summed E-state index contributed by atoms with van der Waals surface area (Å²) in [6.07, 6.45) is 1.50. The Bertz CT molecular complexity index is 683. The van der Waals surface area contributed by atoms with Crippen molar-refractivity contribution < 1.29 is 19.2 Å². The highest BCUT2D eigenvalue weighted by Crippen LogP contribution is 2.27. The number of benzene rings is 2. The Labute approximate surface area is 126 Å². The van der Waals surface area contributed by atoms with Gasteiger partial charge < -0.3 is 14.3 Å². The van der Waals surface area contributed by atoms with Crippen LogP contribution in [0.15, 0.2) is 47.6 Å². The Hall–Kier alpha value is -3.09. The van der Waals surface area contributed by atoms with E-state index >= 15 is 0 Å². The summed E-state index contributed by atoms with van der Waals surface area (Å²) in [5.74, 6) is 1.61. The van der Waals surface area contributed by atoms with E-state index in [1.165, 1.54) is 30.5 Å². The number of rotatable bonds is 6. The fourth-order valence-corrected chi connectivity index (χ4v) is 1.71. The first-order chi connectivity index (χ1) is 10.6. The molecule has 0 aromatic heterocycles. The minimum Gasteiger partial charge on any atom is -0.493 e. The lowest BCUT2D eigenvalue weighted by Gasteiger charge is -2.07. The molecule has 2 aromatic rings. The molecule has 0 fully saturated rings. The van der Waals surface area contributed by atoms with E-state index in [1.807, 2.05) is 0 Å². The van der Waals surface area contributed by atoms with Crippen molar-refractivity contribution in [3.63, 3.8) is 0 Å². The highest BCUT2D eigenvalue weighted by Gasteiger charge is 2.05. The monoisotopic (exact) mass is 302 g/mol. The summed E-state index contributed by atoms with van der Waals surface area (Å²) in [7, 11) is 3.11. The van der Waals surface area contributed by atoms with Gasteiger partial charge in [-0.15, -0.1) is 0 Å². The quantitative estimate of drug-likeness (QED) is 0.465. The summed E-state index contributed by atoms with van der Waals surface area (Å²) < 4.78 is 10.3. The number of nitrogens with zero attached hydrogens (tertiary/aromatic N) is 2. The van der Waals surface area contributed by atoms with Gasteiger partial charge in [0.1, 0.15) is 0 Å². The molecule has 0 aliphatic rings. The average Bonchev–Trinajstić information content (AvgIpc) is 2.55. The lowest BCUT2D eigenvalue weighted by atomic mass is 10.2. The van der Waals surface area contributed by atoms with Crippen molar-refractivity contribution in [1.29, 1.82) is 0 Å². The molecule has 0 radical (unpaired) electrons. The van der Waals surface area contributed by atoms with Crippen LogP contribution in [-0.2, 0) is 0 Å². The maximum absolute atomic E-state index is 10.5. The number of hydrogen-bond donors (Lipinski definition) is 0. The zero-order valence-corrected chi connectivity index (χ0v) is 12.1. The van der Waals surface area contributed by atoms with E-state index in [1.54, 1.807) is 32.4 Å². The molecule has 0 saturated heterocycles. The van der Waals surface area contributed by atoms with E-state index < -0.39 is 4.92 Å². The van der Waals surface area contributed by atoms with Gasteiger partial charge in [0.05, 0.1) is 25.4 Å². The molecule has 0 unspecified atom stereocenters. The van der Waals surface area contributed by atoms with Crippen LogP contribution in [0.25, 0.3) is 0 Å². The number of methoxy groups -OCH3 is 2. The Morgan fingerprint density at radius 3 is 2.32 bits per heavy atom. The molecule has 7 heteroatoms. The number of nitro benzene ring substituents is 1. The minimum absolute atomic E-state index is 0.00350. The predicted molar refractivity (Wildman–Crippen MR) is 80.9 cm³/mol. The summed E-state index contributed by atoms with van der Waals surface area (Å²) in [4.78, 5) is 15.2. The van der Waals surface area contributed by atoms with Gasteiger partial charge in [-0.1, -0.05) is 5.16 Å². The smallest absolute Gasteiger partial charge is 0.269 e. The predicted octanol–water partition coefficient (Wildman–Crippen LogP) is 3.02. The maximum Gasteiger partial charge on any atom is 0.269 e. The maximum atomic E-state index is 10.5. The summed E-state index contributed by atoms with van der Waals surface area (Å²) in [5.41, 5.74) is 0.760. The van der Waals surface area contributed by atoms with Gasteiger partial charge in [0, 0.05) is 17.7 Å². The van der Waals surface area contributed by atoms with Gasteiger partial charge >= 0.3 is 0 Å². The fraction of sp³-hybridized carbons (Fsp3) is 0.133. The second-order valence-electron chi connectivity index (χ2n) is 4.19. The minimum atomic E-state index is -0.476. The van der Waals surface area contributed by atoms with E-state index in [-0.39, 0.29) is 5.69 Å². The van der Waals surface area contributed by atoms with Crippen molar-refractivity contribution in [2.75, 3.05) is 14.2 Å². The SMILES string of the molecule is COc1ccc(/C=N/Oc2ccc([N+](=O)[O-])cc2)cc1OC. The van der Waals surface area contributed by atoms with Crippen molar-refractivity contribution >= 4 is 11.9 Å². The third-order valence-electron chi connectivity index (χ3n) is 2.82. The van der Waals surface area contributed by atoms with E-state index in [9.17, 15) is 10.1 Å². The van der Waals surface area contributed by atoms with E-state index in [2.05, 4.69) is 5.16 Å². The van der Waals surface area contributed by atoms with Gasteiger partial charge in [0.25, 0.3) is 5.69 Å². The van der Waals surface area contributed by atoms with Gasteiger partial charge in [-0.05, 0) is 30.3 Å². The van der Waals surface area contributed by atoms with Gasteiger partial charge in [-0.25, -0.2) is 0 Å². The molecule has 0 aliphatic heterocycles. The highest BCUT2D eigenvalue weighted by molar-refractivity contribution is 5.80. The highest BCUT2D eigenvalue weighted by atomic mass is 16.6. The number of non-ortho nitro benzene ring substituents is 1. The zero-order valence-electron chi connectivity index (χ0n) is 12.1. The molecule has 22 heavy (non-hydrogen) atoms. The summed E-state index contributed by atoms with van der Waals surface area (Å²) in [6.45, 7) is 0. The van der Waals surface area contributed by atoms with E-state index in [0.29, 0.717) is 17.2 Å². The van der Waals surface area contributed by atoms with E-state index in [4.69, 9.17) is 14.3 Å². The van der Waals surface area contributed by atoms with Crippen molar-refractivity contribution in [3.8, 4) is 17.2 Å². The second kappa shape index (κ2) is 7.07. The molecular weight excluding hydrogens is 288 g/mol. The Morgan fingerprint density at radius 2 is 1.73 bits per heavy atom. The summed E-state index contributed by atoms with van der Waals surface area (Å²) >= 11 is 0. The molecule has 7 nitrogen and oxygen atoms in total. The van der Waals surface area contributed by atoms with Gasteiger partial charge in [-0.2, -0.15) is 0 Å². The van der Waals surface area contributed by atoms with Crippen LogP contribution in [0, 0.1) is 10.1 Å². The van der Waals surface area contributed by atoms with Crippen LogP contribution in [0.2, 0.25) is 0 Å². The van der Waals surface area contributed by atoms with Gasteiger partial charge in [0.15, 0.2) is 17.2 Å². The van der Waals surface area contributed by atoms with Crippen LogP contribution in [0.5, 0.6) is 17.2 Å². The molecule has 114 valence electrons. The van der Waals surface area contributed by atoms with Crippen molar-refractivity contribution in [3.05, 3.63) is 58.1 Å². The molecule has 0 N–H and O–H groups in total. The zero-order chi connectivity index (χ0) is 15.9. The molecule has 0 aliphatic carbocycles. The lowest BCUT2D eigenvalue weighted by Crippen LogP contribution is -1.93. The largest absolute Gasteiger partial charge is 0.493 e. The normalized spacial score (nSPS) is 10.5. The molecule has 0 amide bonds. The van der Waals surface area contributed by atoms with Crippen LogP contribution in [-0.4, -0.2) is 25.4 Å². The van der Waals surface area contributed by atoms with E-state index in [0.717, 1.165) is 5.56 Å². The average molecular weight is 302 g/mol. The van der Waals surface area contributed by atoms with Gasteiger partial charge in [-0.3, -0.25) is 10.1 Å². The third-order valence-corrected chi connectivity index (χ3v) is 2.82. The topological polar surface area (TPSA) is 83.2 Å². The molecule has 0 heterocycles. The fourth-order valence-electron chi connectivity index (χ4n) is 1.71. The third kappa shape index (κ3) is 3.72. The molecule has 0 spiro atoms. The summed E-state index contributed by atoms with van der Waals surface area (Å²) in [5, 5.41) is 14.4. The Balaban J connectivity index is 2.04. The first-order valence-corrected chi connectivity index (χ1v) is 6.31. The molecule has 0 atom stereocenters. The first-order valence-electron chi connectivity index (χ1n) is 6.31. The van der Waals surface area contributed by atoms with Crippen LogP contribution < -0.4 is 14.3 Å². The first kappa shape index (κ1) is 15.3. The van der Waals surface area contributed by atoms with Crippen molar-refractivity contribution in [2.24, 2.45) is 5.16 Å². The molecule has 0 bridgehead atoms. The molecule has 2 aromatic carbocycles. The van der Waals surface area contributed by atoms with Crippen molar-refractivity contribution in [2.45, 2.75) is 0 Å². The molecule has 0 saturated carbocycles. The Morgan fingerprint density at radius 1 is 1.05 bits per heavy atom. The van der Waals surface area contributed by atoms with Crippen molar-refractivity contribution in [1.82, 2.24) is 0 Å². The standard InChI is InChI=1S/C15H14N2O5/c1-20-14-8-3-11(9-15(14)21-2)10-16-22-13-6-4-12(5-7-13)17(18)19/h3-10H,1-2H3/b16-10+. The van der Waals surface area contributed by atoms with Crippen LogP contribution >= 0.6 is 0 Å². The number of ether oxygens (including phenoxy) is 2. The van der Waals surface area contributed by atoms with Crippen LogP contribution in [0.4, 0.5) is 5.69 Å². The number of nitro groups is 1. The Kier molecular flexibility index (Phi) is 4.92. The summed E-state index contributed by atoms with van der Waals surface area (Å²) in [6, 6.07) is 11.0. The van der Waals surface area contributed by atoms with Gasteiger partial charge in [0.2, 0.25) is 0 Å². The molecular formula is C15H14N2O5. The lowest BCUT2D eigenvalue weighted by molar-refractivity contribution is -0.384. The van der Waals surface area contributed by atoms with Crippen LogP contribution in [0.3, 0.4) is 0 Å².